The standard InChI is InChI=1S/C18H29N5OS/c1-12(21-16-10-19-7-8-20-16)13-2-4-14(5-3-13)17-22-18(24-23-17)15-6-9-25-11-15/h2-5,12,15-23H,6-11H2,1H3/t12-,15?,16?,17?,18?/m1/s1. The van der Waals surface area contributed by atoms with Crippen molar-refractivity contribution in [2.24, 2.45) is 5.92 Å². The fourth-order valence-electron chi connectivity index (χ4n) is 3.71. The second-order valence-electron chi connectivity index (χ2n) is 7.15. The van der Waals surface area contributed by atoms with Crippen molar-refractivity contribution in [3.63, 3.8) is 0 Å². The summed E-state index contributed by atoms with van der Waals surface area (Å²) in [6, 6.07) is 9.13. The van der Waals surface area contributed by atoms with Crippen LogP contribution in [0.25, 0.3) is 0 Å². The number of benzene rings is 1. The lowest BCUT2D eigenvalue weighted by atomic mass is 10.0. The van der Waals surface area contributed by atoms with Gasteiger partial charge in [-0.05, 0) is 36.0 Å². The molecule has 138 valence electrons. The average Bonchev–Trinajstić information content (AvgIpc) is 3.34. The van der Waals surface area contributed by atoms with Crippen molar-refractivity contribution in [2.75, 3.05) is 31.1 Å². The first-order valence-electron chi connectivity index (χ1n) is 9.34. The molecule has 0 radical (unpaired) electrons. The molecule has 0 bridgehead atoms. The van der Waals surface area contributed by atoms with E-state index in [0.29, 0.717) is 18.1 Å². The Morgan fingerprint density at radius 1 is 1.24 bits per heavy atom. The Hall–Kier alpha value is -0.670. The van der Waals surface area contributed by atoms with Gasteiger partial charge in [-0.15, -0.1) is 0 Å². The van der Waals surface area contributed by atoms with Crippen molar-refractivity contribution in [3.8, 4) is 0 Å². The molecule has 0 aromatic heterocycles. The van der Waals surface area contributed by atoms with Gasteiger partial charge in [0.25, 0.3) is 0 Å². The molecule has 3 aliphatic rings. The fraction of sp³-hybridized carbons (Fsp3) is 0.667. The minimum Gasteiger partial charge on any atom is -0.313 e. The molecule has 4 unspecified atom stereocenters. The van der Waals surface area contributed by atoms with E-state index in [1.807, 2.05) is 11.8 Å². The molecule has 3 aliphatic heterocycles. The smallest absolute Gasteiger partial charge is 0.134 e. The van der Waals surface area contributed by atoms with E-state index in [4.69, 9.17) is 4.84 Å². The van der Waals surface area contributed by atoms with Gasteiger partial charge in [0, 0.05) is 31.6 Å². The van der Waals surface area contributed by atoms with Gasteiger partial charge in [-0.3, -0.25) is 20.8 Å². The molecule has 1 aromatic carbocycles. The molecule has 4 rings (SSSR count). The van der Waals surface area contributed by atoms with Crippen LogP contribution >= 0.6 is 11.8 Å². The molecule has 3 heterocycles. The summed E-state index contributed by atoms with van der Waals surface area (Å²) in [5.74, 6) is 3.06. The fourth-order valence-corrected chi connectivity index (χ4v) is 4.99. The van der Waals surface area contributed by atoms with Crippen LogP contribution in [0.4, 0.5) is 0 Å². The van der Waals surface area contributed by atoms with Crippen LogP contribution in [0.1, 0.15) is 36.7 Å². The monoisotopic (exact) mass is 363 g/mol. The zero-order valence-electron chi connectivity index (χ0n) is 14.8. The second kappa shape index (κ2) is 8.35. The first-order chi connectivity index (χ1) is 12.3. The molecular weight excluding hydrogens is 334 g/mol. The number of hydrogen-bond donors (Lipinski definition) is 5. The molecular formula is C18H29N5OS. The molecule has 0 amide bonds. The molecule has 5 N–H and O–H groups in total. The highest BCUT2D eigenvalue weighted by Crippen LogP contribution is 2.30. The predicted octanol–water partition coefficient (Wildman–Crippen LogP) is 1.06. The van der Waals surface area contributed by atoms with Gasteiger partial charge in [0.15, 0.2) is 0 Å². The molecule has 0 aliphatic carbocycles. The van der Waals surface area contributed by atoms with Crippen molar-refractivity contribution >= 4 is 11.8 Å². The summed E-state index contributed by atoms with van der Waals surface area (Å²) in [4.78, 5) is 5.78. The third-order valence-corrected chi connectivity index (χ3v) is 6.49. The molecule has 6 nitrogen and oxygen atoms in total. The molecule has 0 saturated carbocycles. The normalized spacial score (nSPS) is 34.3. The van der Waals surface area contributed by atoms with Crippen LogP contribution in [0.5, 0.6) is 0 Å². The Morgan fingerprint density at radius 3 is 2.84 bits per heavy atom. The lowest BCUT2D eigenvalue weighted by Crippen LogP contribution is -2.55. The van der Waals surface area contributed by atoms with Crippen LogP contribution in [0.3, 0.4) is 0 Å². The van der Waals surface area contributed by atoms with Crippen molar-refractivity contribution in [2.45, 2.75) is 37.9 Å². The van der Waals surface area contributed by atoms with Crippen LogP contribution in [0.15, 0.2) is 24.3 Å². The van der Waals surface area contributed by atoms with Gasteiger partial charge in [0.1, 0.15) is 12.4 Å². The van der Waals surface area contributed by atoms with E-state index in [1.165, 1.54) is 29.1 Å². The largest absolute Gasteiger partial charge is 0.313 e. The van der Waals surface area contributed by atoms with Gasteiger partial charge in [-0.1, -0.05) is 24.3 Å². The second-order valence-corrected chi connectivity index (χ2v) is 8.30. The summed E-state index contributed by atoms with van der Waals surface area (Å²) in [7, 11) is 0. The zero-order valence-corrected chi connectivity index (χ0v) is 15.6. The number of hydrogen-bond acceptors (Lipinski definition) is 7. The van der Waals surface area contributed by atoms with Crippen molar-refractivity contribution in [1.29, 1.82) is 0 Å². The maximum absolute atomic E-state index is 5.78. The van der Waals surface area contributed by atoms with Crippen molar-refractivity contribution < 1.29 is 4.84 Å². The highest BCUT2D eigenvalue weighted by Gasteiger charge is 2.33. The summed E-state index contributed by atoms with van der Waals surface area (Å²) < 4.78 is 0. The van der Waals surface area contributed by atoms with Crippen LogP contribution in [0.2, 0.25) is 0 Å². The van der Waals surface area contributed by atoms with Crippen molar-refractivity contribution in [3.05, 3.63) is 35.4 Å². The van der Waals surface area contributed by atoms with Gasteiger partial charge < -0.3 is 5.32 Å². The highest BCUT2D eigenvalue weighted by atomic mass is 32.2. The van der Waals surface area contributed by atoms with Crippen molar-refractivity contribution in [1.82, 2.24) is 26.7 Å². The van der Waals surface area contributed by atoms with E-state index in [2.05, 4.69) is 57.9 Å². The minimum absolute atomic E-state index is 0.0807. The third kappa shape index (κ3) is 4.36. The first-order valence-corrected chi connectivity index (χ1v) is 10.5. The van der Waals surface area contributed by atoms with Crippen LogP contribution in [-0.2, 0) is 4.84 Å². The lowest BCUT2D eigenvalue weighted by Gasteiger charge is -2.28. The highest BCUT2D eigenvalue weighted by molar-refractivity contribution is 7.99. The maximum Gasteiger partial charge on any atom is 0.134 e. The van der Waals surface area contributed by atoms with Gasteiger partial charge >= 0.3 is 0 Å². The summed E-state index contributed by atoms with van der Waals surface area (Å²) >= 11 is 2.02. The van der Waals surface area contributed by atoms with E-state index >= 15 is 0 Å². The molecule has 5 atom stereocenters. The molecule has 1 aromatic rings. The molecule has 3 saturated heterocycles. The van der Waals surface area contributed by atoms with E-state index in [9.17, 15) is 0 Å². The summed E-state index contributed by atoms with van der Waals surface area (Å²) in [5.41, 5.74) is 5.69. The Balaban J connectivity index is 1.32. The Morgan fingerprint density at radius 2 is 2.12 bits per heavy atom. The van der Waals surface area contributed by atoms with Gasteiger partial charge in [0.05, 0.1) is 6.17 Å². The predicted molar refractivity (Wildman–Crippen MR) is 102 cm³/mol. The summed E-state index contributed by atoms with van der Waals surface area (Å²) in [6.45, 7) is 5.25. The molecule has 7 heteroatoms. The van der Waals surface area contributed by atoms with E-state index < -0.39 is 0 Å². The van der Waals surface area contributed by atoms with E-state index in [-0.39, 0.29) is 12.4 Å². The number of piperazine rings is 1. The molecule has 25 heavy (non-hydrogen) atoms. The van der Waals surface area contributed by atoms with Crippen LogP contribution in [0, 0.1) is 5.92 Å². The quantitative estimate of drug-likeness (QED) is 0.536. The summed E-state index contributed by atoms with van der Waals surface area (Å²) in [5, 5.41) is 14.1. The topological polar surface area (TPSA) is 69.4 Å². The maximum atomic E-state index is 5.78. The first kappa shape index (κ1) is 17.7. The van der Waals surface area contributed by atoms with E-state index in [1.54, 1.807) is 0 Å². The molecule has 3 fully saturated rings. The Bertz CT molecular complexity index is 545. The Kier molecular flexibility index (Phi) is 5.92. The third-order valence-electron chi connectivity index (χ3n) is 5.30. The number of thioether (sulfide) groups is 1. The lowest BCUT2D eigenvalue weighted by molar-refractivity contribution is -0.00477. The Labute approximate surface area is 154 Å². The average molecular weight is 364 g/mol. The minimum atomic E-state index is 0.0807. The number of hydroxylamine groups is 1. The van der Waals surface area contributed by atoms with Gasteiger partial charge in [-0.2, -0.15) is 17.2 Å². The van der Waals surface area contributed by atoms with Crippen LogP contribution in [-0.4, -0.2) is 43.5 Å². The number of nitrogens with one attached hydrogen (secondary N) is 5. The van der Waals surface area contributed by atoms with Gasteiger partial charge in [-0.25, -0.2) is 0 Å². The SMILES string of the molecule is C[C@@H](NC1CNCCN1)c1ccc(C2NOC(C3CCSC3)N2)cc1. The number of rotatable bonds is 5. The summed E-state index contributed by atoms with van der Waals surface area (Å²) in [6.07, 6.45) is 1.78. The zero-order chi connectivity index (χ0) is 17.1. The van der Waals surface area contributed by atoms with E-state index in [0.717, 1.165) is 19.6 Å². The molecule has 0 spiro atoms. The van der Waals surface area contributed by atoms with Gasteiger partial charge in [0.2, 0.25) is 0 Å². The van der Waals surface area contributed by atoms with Crippen LogP contribution < -0.4 is 26.7 Å².